The Labute approximate surface area is 139 Å². The van der Waals surface area contributed by atoms with E-state index in [0.29, 0.717) is 6.42 Å². The van der Waals surface area contributed by atoms with Gasteiger partial charge in [0.2, 0.25) is 0 Å². The second kappa shape index (κ2) is 6.63. The Morgan fingerprint density at radius 2 is 1.83 bits per heavy atom. The van der Waals surface area contributed by atoms with Crippen LogP contribution in [0.25, 0.3) is 0 Å². The van der Waals surface area contributed by atoms with Crippen molar-refractivity contribution in [2.45, 2.75) is 50.9 Å². The monoisotopic (exact) mass is 344 g/mol. The van der Waals surface area contributed by atoms with E-state index in [4.69, 9.17) is 10.5 Å². The molecule has 0 unspecified atom stereocenters. The van der Waals surface area contributed by atoms with Crippen LogP contribution in [-0.2, 0) is 10.9 Å². The number of amides is 1. The normalized spacial score (nSPS) is 22.4. The number of nitrogens with zero attached hydrogens (tertiary/aromatic N) is 1. The van der Waals surface area contributed by atoms with Gasteiger partial charge in [-0.3, -0.25) is 0 Å². The number of rotatable bonds is 1. The predicted octanol–water partition coefficient (Wildman–Crippen LogP) is 3.76. The molecule has 24 heavy (non-hydrogen) atoms. The van der Waals surface area contributed by atoms with Crippen molar-refractivity contribution >= 4 is 6.09 Å². The summed E-state index contributed by atoms with van der Waals surface area (Å²) >= 11 is 0. The van der Waals surface area contributed by atoms with Crippen LogP contribution in [0.2, 0.25) is 0 Å². The van der Waals surface area contributed by atoms with Crippen molar-refractivity contribution < 1.29 is 22.7 Å². The van der Waals surface area contributed by atoms with E-state index >= 15 is 0 Å². The average molecular weight is 344 g/mol. The van der Waals surface area contributed by atoms with Crippen LogP contribution >= 0.6 is 0 Å². The molecule has 1 amide bonds. The van der Waals surface area contributed by atoms with E-state index in [1.807, 2.05) is 0 Å². The standard InChI is InChI=1S/C17H23F3N2O2/c1-16(2,3)24-15(23)22-9-11(8-12(21)10-22)13-6-4-5-7-14(13)17(18,19)20/h4-7,11-12H,8-10,21H2,1-3H3/t11-,12-/m1/s1. The number of hydrogen-bond acceptors (Lipinski definition) is 3. The van der Waals surface area contributed by atoms with Crippen molar-refractivity contribution in [2.24, 2.45) is 5.73 Å². The molecule has 0 bridgehead atoms. The van der Waals surface area contributed by atoms with Crippen LogP contribution in [0.5, 0.6) is 0 Å². The Hall–Kier alpha value is -1.76. The highest BCUT2D eigenvalue weighted by molar-refractivity contribution is 5.68. The van der Waals surface area contributed by atoms with Crippen molar-refractivity contribution in [3.63, 3.8) is 0 Å². The van der Waals surface area contributed by atoms with E-state index in [-0.39, 0.29) is 18.7 Å². The molecule has 0 aliphatic carbocycles. The first-order valence-electron chi connectivity index (χ1n) is 7.87. The summed E-state index contributed by atoms with van der Waals surface area (Å²) in [5.41, 5.74) is 4.82. The van der Waals surface area contributed by atoms with Crippen molar-refractivity contribution in [3.8, 4) is 0 Å². The first-order valence-corrected chi connectivity index (χ1v) is 7.87. The molecule has 1 fully saturated rings. The third kappa shape index (κ3) is 4.63. The molecule has 0 aromatic heterocycles. The van der Waals surface area contributed by atoms with Gasteiger partial charge < -0.3 is 15.4 Å². The number of likely N-dealkylation sites (tertiary alicyclic amines) is 1. The molecule has 4 nitrogen and oxygen atoms in total. The summed E-state index contributed by atoms with van der Waals surface area (Å²) in [6.07, 6.45) is -4.59. The fourth-order valence-electron chi connectivity index (χ4n) is 2.95. The number of nitrogens with two attached hydrogens (primary N) is 1. The molecule has 2 N–H and O–H groups in total. The van der Waals surface area contributed by atoms with E-state index < -0.39 is 35.4 Å². The lowest BCUT2D eigenvalue weighted by Crippen LogP contribution is -2.50. The summed E-state index contributed by atoms with van der Waals surface area (Å²) in [6.45, 7) is 5.66. The van der Waals surface area contributed by atoms with Gasteiger partial charge in [0.15, 0.2) is 0 Å². The van der Waals surface area contributed by atoms with E-state index in [0.717, 1.165) is 6.07 Å². The molecule has 7 heteroatoms. The first kappa shape index (κ1) is 18.6. The number of ether oxygens (including phenoxy) is 1. The molecule has 1 aliphatic rings. The van der Waals surface area contributed by atoms with Gasteiger partial charge in [0.05, 0.1) is 5.56 Å². The minimum absolute atomic E-state index is 0.162. The summed E-state index contributed by atoms with van der Waals surface area (Å²) in [5, 5.41) is 0. The first-order chi connectivity index (χ1) is 11.0. The molecule has 134 valence electrons. The summed E-state index contributed by atoms with van der Waals surface area (Å²) in [4.78, 5) is 13.6. The number of benzene rings is 1. The topological polar surface area (TPSA) is 55.6 Å². The lowest BCUT2D eigenvalue weighted by atomic mass is 9.85. The molecule has 0 radical (unpaired) electrons. The Bertz CT molecular complexity index is 596. The maximum atomic E-state index is 13.2. The number of carbonyl (C=O) groups is 1. The third-order valence-corrected chi connectivity index (χ3v) is 3.84. The Balaban J connectivity index is 2.25. The molecule has 0 saturated carbocycles. The SMILES string of the molecule is CC(C)(C)OC(=O)N1C[C@H](N)C[C@@H](c2ccccc2C(F)(F)F)C1. The molecular weight excluding hydrogens is 321 g/mol. The van der Waals surface area contributed by atoms with E-state index in [1.165, 1.54) is 17.0 Å². The zero-order valence-corrected chi connectivity index (χ0v) is 14.1. The van der Waals surface area contributed by atoms with Crippen molar-refractivity contribution in [1.82, 2.24) is 4.90 Å². The van der Waals surface area contributed by atoms with Crippen LogP contribution in [0.15, 0.2) is 24.3 Å². The Kier molecular flexibility index (Phi) is 5.13. The fraction of sp³-hybridized carbons (Fsp3) is 0.588. The highest BCUT2D eigenvalue weighted by atomic mass is 19.4. The largest absolute Gasteiger partial charge is 0.444 e. The summed E-state index contributed by atoms with van der Waals surface area (Å²) in [5.74, 6) is -0.473. The molecule has 2 atom stereocenters. The number of hydrogen-bond donors (Lipinski definition) is 1. The molecule has 2 rings (SSSR count). The van der Waals surface area contributed by atoms with Crippen molar-refractivity contribution in [3.05, 3.63) is 35.4 Å². The maximum absolute atomic E-state index is 13.2. The van der Waals surface area contributed by atoms with E-state index in [2.05, 4.69) is 0 Å². The predicted molar refractivity (Wildman–Crippen MR) is 84.6 cm³/mol. The fourth-order valence-corrected chi connectivity index (χ4v) is 2.95. The van der Waals surface area contributed by atoms with E-state index in [1.54, 1.807) is 26.8 Å². The van der Waals surface area contributed by atoms with Gasteiger partial charge in [-0.15, -0.1) is 0 Å². The van der Waals surface area contributed by atoms with Gasteiger partial charge in [0.25, 0.3) is 0 Å². The van der Waals surface area contributed by atoms with Gasteiger partial charge >= 0.3 is 12.3 Å². The number of alkyl halides is 3. The molecule has 1 aromatic rings. The zero-order chi connectivity index (χ0) is 18.1. The van der Waals surface area contributed by atoms with Crippen LogP contribution in [0.4, 0.5) is 18.0 Å². The van der Waals surface area contributed by atoms with Crippen molar-refractivity contribution in [1.29, 1.82) is 0 Å². The second-order valence-electron chi connectivity index (χ2n) is 7.16. The minimum Gasteiger partial charge on any atom is -0.444 e. The summed E-state index contributed by atoms with van der Waals surface area (Å²) < 4.78 is 45.0. The highest BCUT2D eigenvalue weighted by Crippen LogP contribution is 2.38. The maximum Gasteiger partial charge on any atom is 0.416 e. The summed E-state index contributed by atoms with van der Waals surface area (Å²) in [7, 11) is 0. The van der Waals surface area contributed by atoms with Gasteiger partial charge in [-0.05, 0) is 38.8 Å². The van der Waals surface area contributed by atoms with Gasteiger partial charge in [-0.1, -0.05) is 18.2 Å². The molecule has 0 spiro atoms. The average Bonchev–Trinajstić information content (AvgIpc) is 2.44. The molecule has 1 aromatic carbocycles. The molecular formula is C17H23F3N2O2. The lowest BCUT2D eigenvalue weighted by Gasteiger charge is -2.38. The van der Waals surface area contributed by atoms with Crippen LogP contribution in [0.3, 0.4) is 0 Å². The summed E-state index contributed by atoms with van der Waals surface area (Å²) in [6, 6.07) is 5.06. The smallest absolute Gasteiger partial charge is 0.416 e. The van der Waals surface area contributed by atoms with Crippen LogP contribution in [0.1, 0.15) is 44.2 Å². The second-order valence-corrected chi connectivity index (χ2v) is 7.16. The quantitative estimate of drug-likeness (QED) is 0.844. The lowest BCUT2D eigenvalue weighted by molar-refractivity contribution is -0.138. The van der Waals surface area contributed by atoms with Crippen LogP contribution in [0, 0.1) is 0 Å². The Morgan fingerprint density at radius 1 is 1.21 bits per heavy atom. The minimum atomic E-state index is -4.44. The van der Waals surface area contributed by atoms with Crippen molar-refractivity contribution in [2.75, 3.05) is 13.1 Å². The third-order valence-electron chi connectivity index (χ3n) is 3.84. The Morgan fingerprint density at radius 3 is 2.42 bits per heavy atom. The number of carbonyl (C=O) groups excluding carboxylic acids is 1. The molecule has 1 aliphatic heterocycles. The van der Waals surface area contributed by atoms with Crippen LogP contribution in [-0.4, -0.2) is 35.7 Å². The number of halogens is 3. The van der Waals surface area contributed by atoms with Crippen LogP contribution < -0.4 is 5.73 Å². The van der Waals surface area contributed by atoms with Gasteiger partial charge in [-0.2, -0.15) is 13.2 Å². The van der Waals surface area contributed by atoms with Gasteiger partial charge in [0, 0.05) is 25.0 Å². The number of piperidine rings is 1. The highest BCUT2D eigenvalue weighted by Gasteiger charge is 2.38. The molecule has 1 saturated heterocycles. The van der Waals surface area contributed by atoms with Gasteiger partial charge in [-0.25, -0.2) is 4.79 Å². The zero-order valence-electron chi connectivity index (χ0n) is 14.1. The molecule has 1 heterocycles. The van der Waals surface area contributed by atoms with Gasteiger partial charge in [0.1, 0.15) is 5.60 Å². The van der Waals surface area contributed by atoms with E-state index in [9.17, 15) is 18.0 Å².